The molecule has 0 aliphatic rings. The van der Waals surface area contributed by atoms with Crippen LogP contribution in [-0.2, 0) is 0 Å². The van der Waals surface area contributed by atoms with Crippen LogP contribution in [0.15, 0.2) is 164 Å². The molecule has 6 rings (SSSR count). The standard InChI is InChI=1S/C37H31N3/c1-29-17-23-35(24-18-29)40(34-15-9-4-10-16-34)37-27-21-31(22-28-37)38-30-19-25-36(26-20-30)39(32-11-5-2-6-12-32)33-13-7-3-8-14-33/h2-28,38H,1H3. The zero-order valence-corrected chi connectivity index (χ0v) is 22.5. The Morgan fingerprint density at radius 1 is 0.325 bits per heavy atom. The summed E-state index contributed by atoms with van der Waals surface area (Å²) in [4.78, 5) is 4.54. The van der Waals surface area contributed by atoms with Crippen molar-refractivity contribution >= 4 is 45.5 Å². The van der Waals surface area contributed by atoms with Gasteiger partial charge >= 0.3 is 0 Å². The average Bonchev–Trinajstić information content (AvgIpc) is 3.02. The first kappa shape index (κ1) is 25.0. The predicted octanol–water partition coefficient (Wildman–Crippen LogP) is 10.7. The van der Waals surface area contributed by atoms with E-state index < -0.39 is 0 Å². The van der Waals surface area contributed by atoms with Gasteiger partial charge in [-0.1, -0.05) is 72.3 Å². The van der Waals surface area contributed by atoms with Crippen molar-refractivity contribution in [1.29, 1.82) is 0 Å². The van der Waals surface area contributed by atoms with E-state index in [0.29, 0.717) is 0 Å². The molecule has 0 bridgehead atoms. The molecule has 0 heterocycles. The van der Waals surface area contributed by atoms with Crippen molar-refractivity contribution < 1.29 is 0 Å². The van der Waals surface area contributed by atoms with Crippen molar-refractivity contribution in [2.24, 2.45) is 0 Å². The van der Waals surface area contributed by atoms with Crippen LogP contribution < -0.4 is 15.1 Å². The van der Waals surface area contributed by atoms with E-state index in [2.05, 4.69) is 168 Å². The number of benzene rings is 6. The summed E-state index contributed by atoms with van der Waals surface area (Å²) in [6.07, 6.45) is 0. The summed E-state index contributed by atoms with van der Waals surface area (Å²) in [5, 5.41) is 3.57. The van der Waals surface area contributed by atoms with Crippen LogP contribution in [0.1, 0.15) is 5.56 Å². The van der Waals surface area contributed by atoms with Gasteiger partial charge in [-0.05, 0) is 104 Å². The van der Waals surface area contributed by atoms with E-state index in [-0.39, 0.29) is 0 Å². The van der Waals surface area contributed by atoms with E-state index in [1.807, 2.05) is 18.2 Å². The minimum Gasteiger partial charge on any atom is -0.356 e. The summed E-state index contributed by atoms with van der Waals surface area (Å²) in [5.41, 5.74) is 10.1. The SMILES string of the molecule is Cc1ccc(N(c2ccccc2)c2ccc(Nc3ccc(N(c4ccccc4)c4ccccc4)cc3)cc2)cc1. The minimum absolute atomic E-state index is 1.04. The monoisotopic (exact) mass is 517 g/mol. The van der Waals surface area contributed by atoms with Gasteiger partial charge in [0.15, 0.2) is 0 Å². The Labute approximate surface area is 236 Å². The van der Waals surface area contributed by atoms with Crippen LogP contribution >= 0.6 is 0 Å². The van der Waals surface area contributed by atoms with Crippen LogP contribution in [0.4, 0.5) is 45.5 Å². The maximum absolute atomic E-state index is 3.57. The maximum Gasteiger partial charge on any atom is 0.0463 e. The van der Waals surface area contributed by atoms with Gasteiger partial charge < -0.3 is 15.1 Å². The normalized spacial score (nSPS) is 10.6. The zero-order valence-electron chi connectivity index (χ0n) is 22.5. The van der Waals surface area contributed by atoms with Gasteiger partial charge in [0, 0.05) is 45.5 Å². The molecule has 3 nitrogen and oxygen atoms in total. The van der Waals surface area contributed by atoms with Crippen LogP contribution in [0.2, 0.25) is 0 Å². The molecule has 1 N–H and O–H groups in total. The van der Waals surface area contributed by atoms with Gasteiger partial charge in [-0.15, -0.1) is 0 Å². The molecule has 0 aromatic heterocycles. The second-order valence-corrected chi connectivity index (χ2v) is 9.73. The highest BCUT2D eigenvalue weighted by atomic mass is 15.1. The highest BCUT2D eigenvalue weighted by molar-refractivity contribution is 5.79. The van der Waals surface area contributed by atoms with Gasteiger partial charge in [0.1, 0.15) is 0 Å². The third kappa shape index (κ3) is 5.59. The van der Waals surface area contributed by atoms with Gasteiger partial charge in [0.25, 0.3) is 0 Å². The molecule has 3 heteroatoms. The molecule has 194 valence electrons. The summed E-state index contributed by atoms with van der Waals surface area (Å²) < 4.78 is 0. The Bertz CT molecular complexity index is 1590. The van der Waals surface area contributed by atoms with E-state index >= 15 is 0 Å². The molecule has 0 aliphatic carbocycles. The fourth-order valence-electron chi connectivity index (χ4n) is 4.87. The van der Waals surface area contributed by atoms with Crippen molar-refractivity contribution in [2.45, 2.75) is 6.92 Å². The quantitative estimate of drug-likeness (QED) is 0.217. The largest absolute Gasteiger partial charge is 0.356 e. The number of aryl methyl sites for hydroxylation is 1. The third-order valence-corrected chi connectivity index (χ3v) is 6.88. The van der Waals surface area contributed by atoms with E-state index in [0.717, 1.165) is 45.5 Å². The van der Waals surface area contributed by atoms with Gasteiger partial charge in [0.05, 0.1) is 0 Å². The summed E-state index contributed by atoms with van der Waals surface area (Å²) in [5.74, 6) is 0. The third-order valence-electron chi connectivity index (χ3n) is 6.88. The summed E-state index contributed by atoms with van der Waals surface area (Å²) >= 11 is 0. The molecular formula is C37H31N3. The van der Waals surface area contributed by atoms with Gasteiger partial charge in [0.2, 0.25) is 0 Å². The fourth-order valence-corrected chi connectivity index (χ4v) is 4.87. The maximum atomic E-state index is 3.57. The number of nitrogens with one attached hydrogen (secondary N) is 1. The van der Waals surface area contributed by atoms with E-state index in [1.54, 1.807) is 0 Å². The molecule has 6 aromatic rings. The van der Waals surface area contributed by atoms with Crippen molar-refractivity contribution in [2.75, 3.05) is 15.1 Å². The molecule has 0 saturated carbocycles. The van der Waals surface area contributed by atoms with Crippen LogP contribution in [-0.4, -0.2) is 0 Å². The molecule has 0 saturated heterocycles. The van der Waals surface area contributed by atoms with Crippen LogP contribution in [0, 0.1) is 6.92 Å². The van der Waals surface area contributed by atoms with Crippen molar-refractivity contribution in [3.05, 3.63) is 169 Å². The first-order valence-electron chi connectivity index (χ1n) is 13.5. The lowest BCUT2D eigenvalue weighted by molar-refractivity contribution is 1.27. The lowest BCUT2D eigenvalue weighted by Crippen LogP contribution is -2.10. The molecule has 0 radical (unpaired) electrons. The molecule has 0 spiro atoms. The molecule has 0 fully saturated rings. The Hall–Kier alpha value is -5.28. The van der Waals surface area contributed by atoms with Crippen molar-refractivity contribution in [3.8, 4) is 0 Å². The molecule has 0 atom stereocenters. The Balaban J connectivity index is 1.24. The number of para-hydroxylation sites is 3. The summed E-state index contributed by atoms with van der Waals surface area (Å²) in [6, 6.07) is 57.2. The lowest BCUT2D eigenvalue weighted by atomic mass is 10.1. The Kier molecular flexibility index (Phi) is 7.27. The van der Waals surface area contributed by atoms with Crippen LogP contribution in [0.25, 0.3) is 0 Å². The molecule has 0 aliphatic heterocycles. The fraction of sp³-hybridized carbons (Fsp3) is 0.0270. The number of anilines is 8. The molecule has 6 aromatic carbocycles. The van der Waals surface area contributed by atoms with Gasteiger partial charge in [-0.2, -0.15) is 0 Å². The first-order valence-corrected chi connectivity index (χ1v) is 13.5. The minimum atomic E-state index is 1.04. The highest BCUT2D eigenvalue weighted by Gasteiger charge is 2.13. The second kappa shape index (κ2) is 11.6. The smallest absolute Gasteiger partial charge is 0.0463 e. The predicted molar refractivity (Wildman–Crippen MR) is 170 cm³/mol. The van der Waals surface area contributed by atoms with Gasteiger partial charge in [-0.3, -0.25) is 0 Å². The Morgan fingerprint density at radius 3 is 0.925 bits per heavy atom. The Morgan fingerprint density at radius 2 is 0.600 bits per heavy atom. The van der Waals surface area contributed by atoms with Gasteiger partial charge in [-0.25, -0.2) is 0 Å². The molecular weight excluding hydrogens is 486 g/mol. The first-order chi connectivity index (χ1) is 19.7. The van der Waals surface area contributed by atoms with E-state index in [9.17, 15) is 0 Å². The topological polar surface area (TPSA) is 18.5 Å². The summed E-state index contributed by atoms with van der Waals surface area (Å²) in [6.45, 7) is 2.12. The van der Waals surface area contributed by atoms with Crippen LogP contribution in [0.3, 0.4) is 0 Å². The van der Waals surface area contributed by atoms with Crippen molar-refractivity contribution in [1.82, 2.24) is 0 Å². The van der Waals surface area contributed by atoms with E-state index in [1.165, 1.54) is 5.56 Å². The second-order valence-electron chi connectivity index (χ2n) is 9.73. The van der Waals surface area contributed by atoms with Crippen molar-refractivity contribution in [3.63, 3.8) is 0 Å². The lowest BCUT2D eigenvalue weighted by Gasteiger charge is -2.26. The average molecular weight is 518 g/mol. The van der Waals surface area contributed by atoms with E-state index in [4.69, 9.17) is 0 Å². The summed E-state index contributed by atoms with van der Waals surface area (Å²) in [7, 11) is 0. The highest BCUT2D eigenvalue weighted by Crippen LogP contribution is 2.37. The number of hydrogen-bond acceptors (Lipinski definition) is 3. The number of rotatable bonds is 8. The molecule has 40 heavy (non-hydrogen) atoms. The molecule has 0 unspecified atom stereocenters. The number of hydrogen-bond donors (Lipinski definition) is 1. The van der Waals surface area contributed by atoms with Crippen LogP contribution in [0.5, 0.6) is 0 Å². The molecule has 0 amide bonds. The number of nitrogens with zero attached hydrogens (tertiary/aromatic N) is 2. The zero-order chi connectivity index (χ0) is 27.1.